The highest BCUT2D eigenvalue weighted by molar-refractivity contribution is 6.33. The Morgan fingerprint density at radius 3 is 2.74 bits per heavy atom. The fourth-order valence-corrected chi connectivity index (χ4v) is 2.71. The number of hydrogen-bond donors (Lipinski definition) is 2. The molecular weight excluding hydrogens is 262 g/mol. The summed E-state index contributed by atoms with van der Waals surface area (Å²) in [6, 6.07) is 3.43. The van der Waals surface area contributed by atoms with Gasteiger partial charge in [0, 0.05) is 13.6 Å². The van der Waals surface area contributed by atoms with Crippen molar-refractivity contribution in [1.82, 2.24) is 10.3 Å². The molecule has 1 aliphatic carbocycles. The molecule has 0 radical (unpaired) electrons. The molecule has 0 spiro atoms. The van der Waals surface area contributed by atoms with Gasteiger partial charge in [0.2, 0.25) is 0 Å². The summed E-state index contributed by atoms with van der Waals surface area (Å²) in [5.74, 6) is 0.442. The molecule has 2 rings (SSSR count). The molecule has 5 heteroatoms. The number of pyridine rings is 1. The van der Waals surface area contributed by atoms with Crippen molar-refractivity contribution in [2.45, 2.75) is 32.6 Å². The van der Waals surface area contributed by atoms with Crippen LogP contribution in [0.5, 0.6) is 0 Å². The van der Waals surface area contributed by atoms with E-state index >= 15 is 0 Å². The maximum atomic E-state index is 12.1. The summed E-state index contributed by atoms with van der Waals surface area (Å²) in [7, 11) is 1.76. The second-order valence-electron chi connectivity index (χ2n) is 5.48. The number of halogens is 1. The Morgan fingerprint density at radius 2 is 2.11 bits per heavy atom. The minimum atomic E-state index is -0.199. The highest BCUT2D eigenvalue weighted by Gasteiger charge is 2.29. The molecule has 1 amide bonds. The number of carbonyl (C=O) groups is 1. The van der Waals surface area contributed by atoms with Crippen LogP contribution in [-0.4, -0.2) is 24.5 Å². The van der Waals surface area contributed by atoms with Crippen LogP contribution in [0, 0.1) is 5.41 Å². The van der Waals surface area contributed by atoms with Crippen LogP contribution < -0.4 is 10.6 Å². The van der Waals surface area contributed by atoms with Crippen LogP contribution >= 0.6 is 11.6 Å². The first-order valence-electron chi connectivity index (χ1n) is 6.67. The molecule has 19 heavy (non-hydrogen) atoms. The van der Waals surface area contributed by atoms with Gasteiger partial charge >= 0.3 is 0 Å². The normalized spacial score (nSPS) is 17.2. The van der Waals surface area contributed by atoms with Crippen LogP contribution in [0.2, 0.25) is 5.02 Å². The van der Waals surface area contributed by atoms with Crippen LogP contribution in [0.1, 0.15) is 43.1 Å². The smallest absolute Gasteiger partial charge is 0.271 e. The molecule has 104 valence electrons. The highest BCUT2D eigenvalue weighted by Crippen LogP contribution is 2.36. The first-order valence-corrected chi connectivity index (χ1v) is 7.04. The first kappa shape index (κ1) is 14.1. The zero-order valence-electron chi connectivity index (χ0n) is 11.4. The Morgan fingerprint density at radius 1 is 1.42 bits per heavy atom. The lowest BCUT2D eigenvalue weighted by Gasteiger charge is -2.23. The van der Waals surface area contributed by atoms with E-state index in [-0.39, 0.29) is 17.0 Å². The zero-order valence-corrected chi connectivity index (χ0v) is 12.2. The lowest BCUT2D eigenvalue weighted by Crippen LogP contribution is -2.34. The quantitative estimate of drug-likeness (QED) is 0.892. The van der Waals surface area contributed by atoms with Gasteiger partial charge in [-0.05, 0) is 30.4 Å². The lowest BCUT2D eigenvalue weighted by molar-refractivity contribution is 0.0929. The van der Waals surface area contributed by atoms with Crippen LogP contribution in [-0.2, 0) is 0 Å². The summed E-state index contributed by atoms with van der Waals surface area (Å²) in [6.07, 6.45) is 4.84. The second-order valence-corrected chi connectivity index (χ2v) is 5.88. The van der Waals surface area contributed by atoms with Gasteiger partial charge in [0.1, 0.15) is 11.5 Å². The fraction of sp³-hybridized carbons (Fsp3) is 0.571. The van der Waals surface area contributed by atoms with E-state index in [1.165, 1.54) is 25.7 Å². The van der Waals surface area contributed by atoms with Crippen LogP contribution in [0.4, 0.5) is 5.82 Å². The highest BCUT2D eigenvalue weighted by atomic mass is 35.5. The van der Waals surface area contributed by atoms with Gasteiger partial charge in [-0.2, -0.15) is 0 Å². The third-order valence-electron chi connectivity index (χ3n) is 3.80. The number of rotatable bonds is 4. The minimum Gasteiger partial charge on any atom is -0.373 e. The molecule has 4 nitrogen and oxygen atoms in total. The molecule has 0 aromatic carbocycles. The Kier molecular flexibility index (Phi) is 4.30. The Labute approximate surface area is 118 Å². The average Bonchev–Trinajstić information content (AvgIpc) is 2.84. The van der Waals surface area contributed by atoms with Gasteiger partial charge in [0.25, 0.3) is 5.91 Å². The number of nitrogens with one attached hydrogen (secondary N) is 2. The molecule has 0 aliphatic heterocycles. The first-order chi connectivity index (χ1) is 9.04. The van der Waals surface area contributed by atoms with E-state index in [4.69, 9.17) is 11.6 Å². The van der Waals surface area contributed by atoms with Gasteiger partial charge in [-0.15, -0.1) is 0 Å². The predicted molar refractivity (Wildman–Crippen MR) is 77.7 cm³/mol. The van der Waals surface area contributed by atoms with Crippen molar-refractivity contribution in [2.75, 3.05) is 18.9 Å². The van der Waals surface area contributed by atoms with Gasteiger partial charge < -0.3 is 10.6 Å². The Balaban J connectivity index is 2.03. The summed E-state index contributed by atoms with van der Waals surface area (Å²) in [5, 5.41) is 6.25. The number of aromatic nitrogens is 1. The SMILES string of the molecule is CNc1ccc(Cl)c(C(=O)NCC2(C)CCCC2)n1. The van der Waals surface area contributed by atoms with Crippen LogP contribution in [0.3, 0.4) is 0 Å². The van der Waals surface area contributed by atoms with Gasteiger partial charge in [-0.25, -0.2) is 4.98 Å². The molecule has 1 aromatic rings. The second kappa shape index (κ2) is 5.78. The summed E-state index contributed by atoms with van der Waals surface area (Å²) < 4.78 is 0. The molecule has 0 unspecified atom stereocenters. The molecule has 1 aliphatic rings. The number of amides is 1. The van der Waals surface area contributed by atoms with Crippen molar-refractivity contribution in [3.8, 4) is 0 Å². The number of carbonyl (C=O) groups excluding carboxylic acids is 1. The topological polar surface area (TPSA) is 54.0 Å². The van der Waals surface area contributed by atoms with E-state index in [0.29, 0.717) is 17.4 Å². The van der Waals surface area contributed by atoms with Crippen LogP contribution in [0.25, 0.3) is 0 Å². The minimum absolute atomic E-state index is 0.199. The molecule has 0 saturated heterocycles. The number of nitrogens with zero attached hydrogens (tertiary/aromatic N) is 1. The standard InChI is InChI=1S/C14H20ClN3O/c1-14(7-3-4-8-14)9-17-13(19)12-10(15)5-6-11(16-2)18-12/h5-6H,3-4,7-9H2,1-2H3,(H,16,18)(H,17,19). The average molecular weight is 282 g/mol. The molecule has 0 atom stereocenters. The number of anilines is 1. The molecule has 2 N–H and O–H groups in total. The van der Waals surface area contributed by atoms with E-state index < -0.39 is 0 Å². The molecule has 1 aromatic heterocycles. The van der Waals surface area contributed by atoms with Gasteiger partial charge in [0.05, 0.1) is 5.02 Å². The van der Waals surface area contributed by atoms with Gasteiger partial charge in [-0.1, -0.05) is 31.4 Å². The summed E-state index contributed by atoms with van der Waals surface area (Å²) in [6.45, 7) is 2.91. The molecule has 1 saturated carbocycles. The summed E-state index contributed by atoms with van der Waals surface area (Å²) in [4.78, 5) is 16.4. The van der Waals surface area contributed by atoms with E-state index in [1.807, 2.05) is 0 Å². The lowest BCUT2D eigenvalue weighted by atomic mass is 9.89. The van der Waals surface area contributed by atoms with E-state index in [1.54, 1.807) is 19.2 Å². The van der Waals surface area contributed by atoms with Crippen molar-refractivity contribution >= 4 is 23.3 Å². The van der Waals surface area contributed by atoms with Crippen molar-refractivity contribution < 1.29 is 4.79 Å². The molecule has 1 heterocycles. The van der Waals surface area contributed by atoms with E-state index in [9.17, 15) is 4.79 Å². The van der Waals surface area contributed by atoms with Crippen molar-refractivity contribution in [1.29, 1.82) is 0 Å². The molecular formula is C14H20ClN3O. The maximum Gasteiger partial charge on any atom is 0.271 e. The summed E-state index contributed by atoms with van der Waals surface area (Å²) in [5.41, 5.74) is 0.512. The van der Waals surface area contributed by atoms with Gasteiger partial charge in [0.15, 0.2) is 0 Å². The van der Waals surface area contributed by atoms with Gasteiger partial charge in [-0.3, -0.25) is 4.79 Å². The summed E-state index contributed by atoms with van der Waals surface area (Å²) >= 11 is 6.03. The maximum absolute atomic E-state index is 12.1. The Bertz CT molecular complexity index is 470. The number of hydrogen-bond acceptors (Lipinski definition) is 3. The molecule has 0 bridgehead atoms. The monoisotopic (exact) mass is 281 g/mol. The van der Waals surface area contributed by atoms with Crippen LogP contribution in [0.15, 0.2) is 12.1 Å². The third-order valence-corrected chi connectivity index (χ3v) is 4.11. The largest absolute Gasteiger partial charge is 0.373 e. The van der Waals surface area contributed by atoms with E-state index in [2.05, 4.69) is 22.5 Å². The van der Waals surface area contributed by atoms with Crippen molar-refractivity contribution in [3.63, 3.8) is 0 Å². The van der Waals surface area contributed by atoms with Crippen molar-refractivity contribution in [2.24, 2.45) is 5.41 Å². The molecule has 1 fully saturated rings. The zero-order chi connectivity index (χ0) is 13.9. The third kappa shape index (κ3) is 3.38. The Hall–Kier alpha value is -1.29. The fourth-order valence-electron chi connectivity index (χ4n) is 2.52. The van der Waals surface area contributed by atoms with E-state index in [0.717, 1.165) is 0 Å². The van der Waals surface area contributed by atoms with Crippen molar-refractivity contribution in [3.05, 3.63) is 22.8 Å². The predicted octanol–water partition coefficient (Wildman–Crippen LogP) is 3.09.